The molecule has 1 saturated carbocycles. The second-order valence-electron chi connectivity index (χ2n) is 6.19. The van der Waals surface area contributed by atoms with Crippen molar-refractivity contribution in [3.05, 3.63) is 36.4 Å². The lowest BCUT2D eigenvalue weighted by Crippen LogP contribution is -2.44. The summed E-state index contributed by atoms with van der Waals surface area (Å²) in [5.41, 5.74) is 1.04. The van der Waals surface area contributed by atoms with Crippen molar-refractivity contribution in [2.75, 3.05) is 14.2 Å². The summed E-state index contributed by atoms with van der Waals surface area (Å²) in [6.07, 6.45) is 6.10. The van der Waals surface area contributed by atoms with Crippen LogP contribution in [-0.2, 0) is 11.3 Å². The van der Waals surface area contributed by atoms with Crippen molar-refractivity contribution in [1.82, 2.24) is 4.90 Å². The molecule has 1 aromatic carbocycles. The van der Waals surface area contributed by atoms with E-state index < -0.39 is 0 Å². The van der Waals surface area contributed by atoms with Crippen LogP contribution in [0.4, 0.5) is 0 Å². The average molecular weight is 317 g/mol. The molecule has 0 spiro atoms. The molecule has 2 unspecified atom stereocenters. The van der Waals surface area contributed by atoms with Gasteiger partial charge in [0.1, 0.15) is 0 Å². The first-order valence-corrected chi connectivity index (χ1v) is 8.24. The van der Waals surface area contributed by atoms with Gasteiger partial charge in [-0.1, -0.05) is 32.4 Å². The predicted octanol–water partition coefficient (Wildman–Crippen LogP) is 3.80. The van der Waals surface area contributed by atoms with Gasteiger partial charge >= 0.3 is 0 Å². The van der Waals surface area contributed by atoms with Gasteiger partial charge in [0.25, 0.3) is 0 Å². The summed E-state index contributed by atoms with van der Waals surface area (Å²) in [7, 11) is 3.24. The Hall–Kier alpha value is -1.97. The van der Waals surface area contributed by atoms with Crippen LogP contribution in [0.5, 0.6) is 11.5 Å². The van der Waals surface area contributed by atoms with Gasteiger partial charge in [0.15, 0.2) is 11.5 Å². The lowest BCUT2D eigenvalue weighted by atomic mass is 9.84. The maximum atomic E-state index is 12.4. The first-order valence-electron chi connectivity index (χ1n) is 8.24. The van der Waals surface area contributed by atoms with Crippen LogP contribution >= 0.6 is 0 Å². The van der Waals surface area contributed by atoms with E-state index in [1.807, 2.05) is 23.1 Å². The molecule has 1 fully saturated rings. The molecule has 1 aromatic rings. The molecule has 0 N–H and O–H groups in total. The molecule has 4 nitrogen and oxygen atoms in total. The quantitative estimate of drug-likeness (QED) is 0.749. The van der Waals surface area contributed by atoms with Gasteiger partial charge in [0, 0.05) is 12.6 Å². The summed E-state index contributed by atoms with van der Waals surface area (Å²) in [6, 6.07) is 6.09. The maximum absolute atomic E-state index is 12.4. The second kappa shape index (κ2) is 8.04. The number of hydrogen-bond donors (Lipinski definition) is 0. The van der Waals surface area contributed by atoms with Crippen LogP contribution in [0.2, 0.25) is 0 Å². The fourth-order valence-electron chi connectivity index (χ4n) is 3.41. The minimum absolute atomic E-state index is 0.00136. The van der Waals surface area contributed by atoms with Gasteiger partial charge < -0.3 is 14.4 Å². The highest BCUT2D eigenvalue weighted by atomic mass is 16.5. The van der Waals surface area contributed by atoms with E-state index in [0.29, 0.717) is 24.0 Å². The Morgan fingerprint density at radius 1 is 1.26 bits per heavy atom. The van der Waals surface area contributed by atoms with Crippen molar-refractivity contribution < 1.29 is 14.3 Å². The summed E-state index contributed by atoms with van der Waals surface area (Å²) >= 11 is 0. The zero-order valence-electron chi connectivity index (χ0n) is 14.4. The number of ether oxygens (including phenoxy) is 2. The number of benzene rings is 1. The zero-order valence-corrected chi connectivity index (χ0v) is 14.4. The number of rotatable bonds is 6. The highest BCUT2D eigenvalue weighted by Crippen LogP contribution is 2.32. The van der Waals surface area contributed by atoms with Gasteiger partial charge in [-0.15, -0.1) is 0 Å². The molecule has 1 amide bonds. The Labute approximate surface area is 139 Å². The fourth-order valence-corrected chi connectivity index (χ4v) is 3.41. The third-order valence-electron chi connectivity index (χ3n) is 4.73. The minimum atomic E-state index is -0.00136. The van der Waals surface area contributed by atoms with E-state index in [9.17, 15) is 4.79 Å². The lowest BCUT2D eigenvalue weighted by molar-refractivity contribution is -0.130. The Kier molecular flexibility index (Phi) is 6.08. The van der Waals surface area contributed by atoms with Crippen LogP contribution in [0.1, 0.15) is 38.2 Å². The van der Waals surface area contributed by atoms with Crippen LogP contribution in [0.15, 0.2) is 30.9 Å². The first-order chi connectivity index (χ1) is 11.1. The zero-order chi connectivity index (χ0) is 16.8. The standard InChI is InChI=1S/C19H27NO3/c1-5-19(21)20(16-9-7-6-8-14(16)2)13-15-10-11-17(22-3)18(12-15)23-4/h5,10-12,14,16H,1,6-9,13H2,2-4H3. The third kappa shape index (κ3) is 4.06. The highest BCUT2D eigenvalue weighted by molar-refractivity contribution is 5.87. The van der Waals surface area contributed by atoms with Crippen molar-refractivity contribution in [2.24, 2.45) is 5.92 Å². The largest absolute Gasteiger partial charge is 0.493 e. The van der Waals surface area contributed by atoms with E-state index in [1.54, 1.807) is 14.2 Å². The molecule has 0 saturated heterocycles. The fraction of sp³-hybridized carbons (Fsp3) is 0.526. The number of nitrogens with zero attached hydrogens (tertiary/aromatic N) is 1. The highest BCUT2D eigenvalue weighted by Gasteiger charge is 2.29. The molecule has 0 heterocycles. The summed E-state index contributed by atoms with van der Waals surface area (Å²) in [5.74, 6) is 1.91. The molecular weight excluding hydrogens is 290 g/mol. The molecule has 0 aromatic heterocycles. The van der Waals surface area contributed by atoms with E-state index in [0.717, 1.165) is 12.0 Å². The van der Waals surface area contributed by atoms with Crippen LogP contribution < -0.4 is 9.47 Å². The van der Waals surface area contributed by atoms with Gasteiger partial charge in [-0.05, 0) is 42.5 Å². The third-order valence-corrected chi connectivity index (χ3v) is 4.73. The Bertz CT molecular complexity index is 556. The van der Waals surface area contributed by atoms with E-state index in [1.165, 1.54) is 25.3 Å². The Morgan fingerprint density at radius 3 is 2.57 bits per heavy atom. The normalized spacial score (nSPS) is 20.7. The summed E-state index contributed by atoms with van der Waals surface area (Å²) < 4.78 is 10.6. The van der Waals surface area contributed by atoms with E-state index in [4.69, 9.17) is 9.47 Å². The monoisotopic (exact) mass is 317 g/mol. The molecule has 2 rings (SSSR count). The van der Waals surface area contributed by atoms with E-state index in [-0.39, 0.29) is 11.9 Å². The summed E-state index contributed by atoms with van der Waals surface area (Å²) in [6.45, 7) is 6.48. The Morgan fingerprint density at radius 2 is 1.96 bits per heavy atom. The van der Waals surface area contributed by atoms with Gasteiger partial charge in [-0.3, -0.25) is 4.79 Å². The molecule has 2 atom stereocenters. The molecule has 1 aliphatic carbocycles. The van der Waals surface area contributed by atoms with Crippen molar-refractivity contribution in [3.63, 3.8) is 0 Å². The SMILES string of the molecule is C=CC(=O)N(Cc1ccc(OC)c(OC)c1)C1CCCCC1C. The molecular formula is C19H27NO3. The summed E-state index contributed by atoms with van der Waals surface area (Å²) in [5, 5.41) is 0. The first kappa shape index (κ1) is 17.4. The number of carbonyl (C=O) groups excluding carboxylic acids is 1. The predicted molar refractivity (Wildman–Crippen MR) is 91.7 cm³/mol. The molecule has 0 bridgehead atoms. The van der Waals surface area contributed by atoms with E-state index >= 15 is 0 Å². The van der Waals surface area contributed by atoms with Crippen molar-refractivity contribution in [3.8, 4) is 11.5 Å². The van der Waals surface area contributed by atoms with Crippen molar-refractivity contribution in [1.29, 1.82) is 0 Å². The van der Waals surface area contributed by atoms with Crippen LogP contribution in [0, 0.1) is 5.92 Å². The summed E-state index contributed by atoms with van der Waals surface area (Å²) in [4.78, 5) is 14.3. The average Bonchev–Trinajstić information content (AvgIpc) is 2.59. The van der Waals surface area contributed by atoms with Crippen LogP contribution in [0.25, 0.3) is 0 Å². The number of carbonyl (C=O) groups is 1. The molecule has 126 valence electrons. The molecule has 1 aliphatic rings. The van der Waals surface area contributed by atoms with Crippen LogP contribution in [0.3, 0.4) is 0 Å². The van der Waals surface area contributed by atoms with Crippen molar-refractivity contribution >= 4 is 5.91 Å². The number of amides is 1. The van der Waals surface area contributed by atoms with Crippen molar-refractivity contribution in [2.45, 2.75) is 45.2 Å². The van der Waals surface area contributed by atoms with Crippen LogP contribution in [-0.4, -0.2) is 31.1 Å². The topological polar surface area (TPSA) is 38.8 Å². The van der Waals surface area contributed by atoms with Gasteiger partial charge in [-0.25, -0.2) is 0 Å². The lowest BCUT2D eigenvalue weighted by Gasteiger charge is -2.38. The number of methoxy groups -OCH3 is 2. The van der Waals surface area contributed by atoms with Gasteiger partial charge in [-0.2, -0.15) is 0 Å². The Balaban J connectivity index is 2.23. The van der Waals surface area contributed by atoms with Gasteiger partial charge in [0.2, 0.25) is 5.91 Å². The van der Waals surface area contributed by atoms with Gasteiger partial charge in [0.05, 0.1) is 14.2 Å². The maximum Gasteiger partial charge on any atom is 0.246 e. The second-order valence-corrected chi connectivity index (χ2v) is 6.19. The molecule has 4 heteroatoms. The number of hydrogen-bond acceptors (Lipinski definition) is 3. The van der Waals surface area contributed by atoms with E-state index in [2.05, 4.69) is 13.5 Å². The molecule has 0 radical (unpaired) electrons. The minimum Gasteiger partial charge on any atom is -0.493 e. The molecule has 0 aliphatic heterocycles. The smallest absolute Gasteiger partial charge is 0.246 e. The molecule has 23 heavy (non-hydrogen) atoms.